The van der Waals surface area contributed by atoms with Gasteiger partial charge in [0.25, 0.3) is 0 Å². The number of unbranched alkanes of at least 4 members (excludes halogenated alkanes) is 1. The number of carbonyl (C=O) groups excluding carboxylic acids is 1. The van der Waals surface area contributed by atoms with Crippen LogP contribution in [-0.2, 0) is 4.79 Å². The maximum atomic E-state index is 13.2. The predicted molar refractivity (Wildman–Crippen MR) is 69.7 cm³/mol. The van der Waals surface area contributed by atoms with Crippen molar-refractivity contribution < 1.29 is 9.18 Å². The van der Waals surface area contributed by atoms with Crippen LogP contribution in [0.2, 0.25) is 0 Å². The van der Waals surface area contributed by atoms with E-state index >= 15 is 0 Å². The van der Waals surface area contributed by atoms with Gasteiger partial charge in [-0.05, 0) is 18.6 Å². The fourth-order valence-corrected chi connectivity index (χ4v) is 2.20. The highest BCUT2D eigenvalue weighted by atomic mass is 32.2. The van der Waals surface area contributed by atoms with Crippen molar-refractivity contribution in [3.63, 3.8) is 0 Å². The lowest BCUT2D eigenvalue weighted by atomic mass is 10.3. The van der Waals surface area contributed by atoms with Crippen molar-refractivity contribution in [1.82, 2.24) is 5.32 Å². The topological polar surface area (TPSA) is 29.1 Å². The summed E-state index contributed by atoms with van der Waals surface area (Å²) in [4.78, 5) is 12.0. The minimum absolute atomic E-state index is 0.0438. The van der Waals surface area contributed by atoms with Crippen LogP contribution in [0.15, 0.2) is 29.2 Å². The van der Waals surface area contributed by atoms with Gasteiger partial charge in [0.05, 0.1) is 0 Å². The molecule has 17 heavy (non-hydrogen) atoms. The van der Waals surface area contributed by atoms with E-state index in [0.717, 1.165) is 19.4 Å². The van der Waals surface area contributed by atoms with Crippen molar-refractivity contribution in [2.75, 3.05) is 12.3 Å². The van der Waals surface area contributed by atoms with Gasteiger partial charge in [0.2, 0.25) is 5.91 Å². The number of nitrogens with one attached hydrogen (secondary N) is 1. The summed E-state index contributed by atoms with van der Waals surface area (Å²) in [6.07, 6.45) is 2.51. The van der Waals surface area contributed by atoms with E-state index in [9.17, 15) is 9.18 Å². The van der Waals surface area contributed by atoms with Gasteiger partial charge >= 0.3 is 0 Å². The molecule has 0 radical (unpaired) electrons. The number of rotatable bonds is 7. The van der Waals surface area contributed by atoms with Gasteiger partial charge in [-0.25, -0.2) is 4.39 Å². The number of halogens is 1. The molecule has 0 aliphatic rings. The molecule has 1 N–H and O–H groups in total. The van der Waals surface area contributed by atoms with Crippen LogP contribution in [0.4, 0.5) is 4.39 Å². The van der Waals surface area contributed by atoms with Gasteiger partial charge in [-0.15, -0.1) is 11.8 Å². The van der Waals surface area contributed by atoms with Crippen molar-refractivity contribution in [1.29, 1.82) is 0 Å². The van der Waals surface area contributed by atoms with Crippen molar-refractivity contribution in [2.45, 2.75) is 31.1 Å². The smallest absolute Gasteiger partial charge is 0.220 e. The van der Waals surface area contributed by atoms with E-state index < -0.39 is 0 Å². The highest BCUT2D eigenvalue weighted by molar-refractivity contribution is 7.99. The van der Waals surface area contributed by atoms with Gasteiger partial charge in [0.15, 0.2) is 0 Å². The number of thioether (sulfide) groups is 1. The zero-order valence-electron chi connectivity index (χ0n) is 10.0. The molecule has 0 aliphatic carbocycles. The molecule has 0 unspecified atom stereocenters. The molecule has 0 bridgehead atoms. The lowest BCUT2D eigenvalue weighted by Crippen LogP contribution is -2.24. The molecule has 4 heteroatoms. The van der Waals surface area contributed by atoms with Crippen LogP contribution in [0.3, 0.4) is 0 Å². The van der Waals surface area contributed by atoms with Gasteiger partial charge in [0, 0.05) is 23.6 Å². The first-order valence-corrected chi connectivity index (χ1v) is 6.86. The molecule has 1 rings (SSSR count). The van der Waals surface area contributed by atoms with E-state index in [1.54, 1.807) is 18.2 Å². The summed E-state index contributed by atoms with van der Waals surface area (Å²) in [5.41, 5.74) is 0. The highest BCUT2D eigenvalue weighted by Gasteiger charge is 2.04. The summed E-state index contributed by atoms with van der Waals surface area (Å²) in [7, 11) is 0. The molecule has 94 valence electrons. The van der Waals surface area contributed by atoms with E-state index in [1.807, 2.05) is 0 Å². The normalized spacial score (nSPS) is 10.2. The van der Waals surface area contributed by atoms with Crippen LogP contribution in [-0.4, -0.2) is 18.2 Å². The second kappa shape index (κ2) is 8.12. The summed E-state index contributed by atoms with van der Waals surface area (Å²) in [6, 6.07) is 6.63. The van der Waals surface area contributed by atoms with Crippen LogP contribution in [0.25, 0.3) is 0 Å². The zero-order valence-corrected chi connectivity index (χ0v) is 10.9. The van der Waals surface area contributed by atoms with E-state index in [1.165, 1.54) is 17.8 Å². The van der Waals surface area contributed by atoms with Crippen molar-refractivity contribution >= 4 is 17.7 Å². The molecule has 1 aromatic carbocycles. The van der Waals surface area contributed by atoms with Crippen LogP contribution in [0.1, 0.15) is 26.2 Å². The highest BCUT2D eigenvalue weighted by Crippen LogP contribution is 2.21. The molecular formula is C13H18FNOS. The first-order chi connectivity index (χ1) is 8.24. The molecule has 0 saturated heterocycles. The molecular weight excluding hydrogens is 237 g/mol. The molecule has 0 aliphatic heterocycles. The third-order valence-electron chi connectivity index (χ3n) is 2.28. The van der Waals surface area contributed by atoms with Gasteiger partial charge in [-0.2, -0.15) is 0 Å². The first kappa shape index (κ1) is 14.0. The van der Waals surface area contributed by atoms with Crippen LogP contribution in [0.5, 0.6) is 0 Å². The number of amides is 1. The SMILES string of the molecule is CCCCNC(=O)CCSc1ccccc1F. The van der Waals surface area contributed by atoms with Crippen molar-refractivity contribution in [2.24, 2.45) is 0 Å². The Kier molecular flexibility index (Phi) is 6.70. The fourth-order valence-electron chi connectivity index (χ4n) is 1.31. The number of hydrogen-bond donors (Lipinski definition) is 1. The molecule has 1 amide bonds. The maximum Gasteiger partial charge on any atom is 0.220 e. The average Bonchev–Trinajstić information content (AvgIpc) is 2.32. The Morgan fingerprint density at radius 3 is 2.88 bits per heavy atom. The Balaban J connectivity index is 2.19. The Bertz CT molecular complexity index is 357. The van der Waals surface area contributed by atoms with Crippen LogP contribution < -0.4 is 5.32 Å². The van der Waals surface area contributed by atoms with Gasteiger partial charge in [0.1, 0.15) is 5.82 Å². The van der Waals surface area contributed by atoms with Gasteiger partial charge in [-0.3, -0.25) is 4.79 Å². The second-order valence-electron chi connectivity index (χ2n) is 3.73. The third kappa shape index (κ3) is 5.73. The molecule has 2 nitrogen and oxygen atoms in total. The summed E-state index contributed by atoms with van der Waals surface area (Å²) in [5, 5.41) is 2.84. The Labute approximate surface area is 106 Å². The molecule has 1 aromatic rings. The predicted octanol–water partition coefficient (Wildman–Crippen LogP) is 3.22. The minimum Gasteiger partial charge on any atom is -0.356 e. The van der Waals surface area contributed by atoms with Gasteiger partial charge < -0.3 is 5.32 Å². The maximum absolute atomic E-state index is 13.2. The average molecular weight is 255 g/mol. The fraction of sp³-hybridized carbons (Fsp3) is 0.462. The van der Waals surface area contributed by atoms with E-state index in [2.05, 4.69) is 12.2 Å². The number of hydrogen-bond acceptors (Lipinski definition) is 2. The summed E-state index contributed by atoms with van der Waals surface area (Å²) >= 11 is 1.38. The molecule has 0 spiro atoms. The first-order valence-electron chi connectivity index (χ1n) is 5.88. The van der Waals surface area contributed by atoms with E-state index in [0.29, 0.717) is 17.1 Å². The van der Waals surface area contributed by atoms with Crippen molar-refractivity contribution in [3.8, 4) is 0 Å². The Morgan fingerprint density at radius 1 is 1.41 bits per heavy atom. The standard InChI is InChI=1S/C13H18FNOS/c1-2-3-9-15-13(16)8-10-17-12-7-5-4-6-11(12)14/h4-7H,2-3,8-10H2,1H3,(H,15,16). The van der Waals surface area contributed by atoms with Crippen LogP contribution >= 0.6 is 11.8 Å². The number of benzene rings is 1. The second-order valence-corrected chi connectivity index (χ2v) is 4.87. The van der Waals surface area contributed by atoms with Crippen LogP contribution in [0, 0.1) is 5.82 Å². The lowest BCUT2D eigenvalue weighted by Gasteiger charge is -2.04. The summed E-state index contributed by atoms with van der Waals surface area (Å²) in [5.74, 6) is 0.435. The summed E-state index contributed by atoms with van der Waals surface area (Å²) < 4.78 is 13.2. The monoisotopic (exact) mass is 255 g/mol. The quantitative estimate of drug-likeness (QED) is 0.598. The Morgan fingerprint density at radius 2 is 2.18 bits per heavy atom. The Hall–Kier alpha value is -1.03. The molecule has 0 aromatic heterocycles. The van der Waals surface area contributed by atoms with Gasteiger partial charge in [-0.1, -0.05) is 25.5 Å². The third-order valence-corrected chi connectivity index (χ3v) is 3.33. The lowest BCUT2D eigenvalue weighted by molar-refractivity contribution is -0.120. The van der Waals surface area contributed by atoms with E-state index in [-0.39, 0.29) is 11.7 Å². The van der Waals surface area contributed by atoms with E-state index in [4.69, 9.17) is 0 Å². The zero-order chi connectivity index (χ0) is 12.5. The molecule has 0 fully saturated rings. The van der Waals surface area contributed by atoms with Crippen molar-refractivity contribution in [3.05, 3.63) is 30.1 Å². The molecule has 0 heterocycles. The number of carbonyl (C=O) groups is 1. The molecule has 0 atom stereocenters. The minimum atomic E-state index is -0.219. The largest absolute Gasteiger partial charge is 0.356 e. The molecule has 0 saturated carbocycles. The summed E-state index contributed by atoms with van der Waals surface area (Å²) in [6.45, 7) is 2.82.